The zero-order valence-electron chi connectivity index (χ0n) is 12.6. The van der Waals surface area contributed by atoms with Crippen LogP contribution in [0.5, 0.6) is 0 Å². The summed E-state index contributed by atoms with van der Waals surface area (Å²) in [5.74, 6) is 0.591. The highest BCUT2D eigenvalue weighted by molar-refractivity contribution is 8.00. The molecule has 1 aliphatic carbocycles. The summed E-state index contributed by atoms with van der Waals surface area (Å²) >= 11 is 1.72. The van der Waals surface area contributed by atoms with Crippen LogP contribution in [0.3, 0.4) is 0 Å². The molecular weight excluding hydrogens is 290 g/mol. The Morgan fingerprint density at radius 1 is 1.05 bits per heavy atom. The van der Waals surface area contributed by atoms with E-state index >= 15 is 0 Å². The van der Waals surface area contributed by atoms with Crippen molar-refractivity contribution in [2.24, 2.45) is 0 Å². The third-order valence-electron chi connectivity index (χ3n) is 4.96. The number of aryl methyl sites for hydroxylation is 1. The predicted molar refractivity (Wildman–Crippen MR) is 90.1 cm³/mol. The van der Waals surface area contributed by atoms with Crippen LogP contribution in [0, 0.1) is 0 Å². The topological polar surface area (TPSA) is 20.3 Å². The monoisotopic (exact) mass is 309 g/mol. The molecule has 2 aromatic carbocycles. The lowest BCUT2D eigenvalue weighted by molar-refractivity contribution is -0.127. The van der Waals surface area contributed by atoms with E-state index in [1.807, 2.05) is 30.1 Å². The third kappa shape index (κ3) is 2.15. The van der Waals surface area contributed by atoms with Crippen LogP contribution < -0.4 is 0 Å². The summed E-state index contributed by atoms with van der Waals surface area (Å²) in [4.78, 5) is 16.0. The van der Waals surface area contributed by atoms with Crippen LogP contribution >= 0.6 is 11.8 Å². The number of nitrogens with zero attached hydrogens (tertiary/aromatic N) is 1. The predicted octanol–water partition coefficient (Wildman–Crippen LogP) is 3.72. The maximum absolute atomic E-state index is 12.8. The van der Waals surface area contributed by atoms with E-state index in [9.17, 15) is 4.79 Å². The number of benzene rings is 2. The Morgan fingerprint density at radius 2 is 1.77 bits per heavy atom. The van der Waals surface area contributed by atoms with Gasteiger partial charge in [-0.3, -0.25) is 4.79 Å². The Bertz CT molecular complexity index is 700. The van der Waals surface area contributed by atoms with Gasteiger partial charge in [-0.05, 0) is 36.1 Å². The number of likely N-dealkylation sites (tertiary alicyclic amines) is 1. The molecular formula is C19H19NOS. The van der Waals surface area contributed by atoms with Crippen LogP contribution in [0.15, 0.2) is 59.5 Å². The SMILES string of the molecule is CN1C(=O)[C@H](Sc2ccccc2)[C@H]2c3ccccc3CC[C@H]21. The number of carbonyl (C=O) groups is 1. The van der Waals surface area contributed by atoms with Crippen molar-refractivity contribution in [2.75, 3.05) is 7.05 Å². The molecule has 0 N–H and O–H groups in total. The molecule has 1 heterocycles. The van der Waals surface area contributed by atoms with Gasteiger partial charge in [0.05, 0.1) is 5.25 Å². The Morgan fingerprint density at radius 3 is 2.59 bits per heavy atom. The molecule has 3 atom stereocenters. The summed E-state index contributed by atoms with van der Waals surface area (Å²) in [5.41, 5.74) is 2.80. The van der Waals surface area contributed by atoms with Gasteiger partial charge in [-0.25, -0.2) is 0 Å². The molecule has 1 saturated heterocycles. The van der Waals surface area contributed by atoms with E-state index < -0.39 is 0 Å². The minimum Gasteiger partial charge on any atom is -0.341 e. The van der Waals surface area contributed by atoms with Crippen molar-refractivity contribution in [2.45, 2.75) is 34.9 Å². The fraction of sp³-hybridized carbons (Fsp3) is 0.316. The third-order valence-corrected chi connectivity index (χ3v) is 6.25. The molecule has 0 aromatic heterocycles. The number of amides is 1. The van der Waals surface area contributed by atoms with Gasteiger partial charge in [-0.15, -0.1) is 11.8 Å². The molecule has 0 spiro atoms. The lowest BCUT2D eigenvalue weighted by Crippen LogP contribution is -2.33. The van der Waals surface area contributed by atoms with Gasteiger partial charge >= 0.3 is 0 Å². The lowest BCUT2D eigenvalue weighted by Gasteiger charge is -2.32. The Kier molecular flexibility index (Phi) is 3.45. The molecule has 4 rings (SSSR count). The van der Waals surface area contributed by atoms with E-state index in [0.29, 0.717) is 12.0 Å². The largest absolute Gasteiger partial charge is 0.341 e. The second-order valence-corrected chi connectivity index (χ2v) is 7.35. The quantitative estimate of drug-likeness (QED) is 0.843. The number of likely N-dealkylation sites (N-methyl/N-ethyl adjacent to an activating group) is 1. The van der Waals surface area contributed by atoms with Gasteiger partial charge in [0.15, 0.2) is 0 Å². The van der Waals surface area contributed by atoms with Crippen molar-refractivity contribution >= 4 is 17.7 Å². The summed E-state index contributed by atoms with van der Waals surface area (Å²) in [6, 6.07) is 19.3. The molecule has 1 aliphatic heterocycles. The van der Waals surface area contributed by atoms with Gasteiger partial charge in [0.2, 0.25) is 5.91 Å². The molecule has 22 heavy (non-hydrogen) atoms. The van der Waals surface area contributed by atoms with Gasteiger partial charge in [-0.2, -0.15) is 0 Å². The first kappa shape index (κ1) is 13.9. The first-order valence-corrected chi connectivity index (χ1v) is 8.70. The Hall–Kier alpha value is -1.74. The fourth-order valence-electron chi connectivity index (χ4n) is 3.86. The highest BCUT2D eigenvalue weighted by atomic mass is 32.2. The summed E-state index contributed by atoms with van der Waals surface area (Å²) in [7, 11) is 1.97. The van der Waals surface area contributed by atoms with Crippen molar-refractivity contribution in [3.05, 3.63) is 65.7 Å². The maximum Gasteiger partial charge on any atom is 0.236 e. The number of hydrogen-bond donors (Lipinski definition) is 0. The van der Waals surface area contributed by atoms with Crippen LogP contribution in [0.25, 0.3) is 0 Å². The maximum atomic E-state index is 12.8. The molecule has 2 aromatic rings. The van der Waals surface area contributed by atoms with Gasteiger partial charge < -0.3 is 4.90 Å². The standard InChI is InChI=1S/C19H19NOS/c1-20-16-12-11-13-7-5-6-10-15(13)17(16)18(19(20)21)22-14-8-3-2-4-9-14/h2-10,16-18H,11-12H2,1H3/t16-,17+,18-/m1/s1. The minimum atomic E-state index is -0.00106. The number of rotatable bonds is 2. The number of carbonyl (C=O) groups excluding carboxylic acids is 1. The molecule has 2 aliphatic rings. The zero-order valence-corrected chi connectivity index (χ0v) is 13.4. The van der Waals surface area contributed by atoms with E-state index in [1.54, 1.807) is 11.8 Å². The first-order valence-electron chi connectivity index (χ1n) is 7.82. The van der Waals surface area contributed by atoms with Crippen LogP contribution in [-0.4, -0.2) is 29.1 Å². The van der Waals surface area contributed by atoms with Gasteiger partial charge in [0, 0.05) is 23.9 Å². The fourth-order valence-corrected chi connectivity index (χ4v) is 5.21. The highest BCUT2D eigenvalue weighted by Gasteiger charge is 2.49. The summed E-state index contributed by atoms with van der Waals surface area (Å²) < 4.78 is 0. The van der Waals surface area contributed by atoms with Crippen molar-refractivity contribution < 1.29 is 4.79 Å². The van der Waals surface area contributed by atoms with Gasteiger partial charge in [0.25, 0.3) is 0 Å². The van der Waals surface area contributed by atoms with Crippen LogP contribution in [-0.2, 0) is 11.2 Å². The van der Waals surface area contributed by atoms with Crippen LogP contribution in [0.4, 0.5) is 0 Å². The molecule has 3 heteroatoms. The number of hydrogen-bond acceptors (Lipinski definition) is 2. The van der Waals surface area contributed by atoms with Crippen molar-refractivity contribution in [3.63, 3.8) is 0 Å². The van der Waals surface area contributed by atoms with E-state index in [-0.39, 0.29) is 11.2 Å². The Balaban J connectivity index is 1.73. The molecule has 0 saturated carbocycles. The first-order chi connectivity index (χ1) is 10.8. The normalized spacial score (nSPS) is 26.7. The second-order valence-electron chi connectivity index (χ2n) is 6.13. The average Bonchev–Trinajstić information content (AvgIpc) is 2.81. The van der Waals surface area contributed by atoms with Crippen molar-refractivity contribution in [1.82, 2.24) is 4.90 Å². The second kappa shape index (κ2) is 5.47. The zero-order chi connectivity index (χ0) is 15.1. The minimum absolute atomic E-state index is 0.00106. The highest BCUT2D eigenvalue weighted by Crippen LogP contribution is 2.47. The van der Waals surface area contributed by atoms with E-state index in [4.69, 9.17) is 0 Å². The van der Waals surface area contributed by atoms with Crippen molar-refractivity contribution in [3.8, 4) is 0 Å². The molecule has 1 amide bonds. The molecule has 0 bridgehead atoms. The summed E-state index contributed by atoms with van der Waals surface area (Å²) in [6.07, 6.45) is 2.16. The Labute approximate surface area is 135 Å². The number of fused-ring (bicyclic) bond motifs is 3. The molecule has 112 valence electrons. The van der Waals surface area contributed by atoms with Gasteiger partial charge in [0.1, 0.15) is 0 Å². The molecule has 0 radical (unpaired) electrons. The van der Waals surface area contributed by atoms with E-state index in [2.05, 4.69) is 36.4 Å². The van der Waals surface area contributed by atoms with Gasteiger partial charge in [-0.1, -0.05) is 42.5 Å². The molecule has 1 fully saturated rings. The smallest absolute Gasteiger partial charge is 0.236 e. The molecule has 0 unspecified atom stereocenters. The summed E-state index contributed by atoms with van der Waals surface area (Å²) in [5, 5.41) is -0.00106. The van der Waals surface area contributed by atoms with Crippen LogP contribution in [0.2, 0.25) is 0 Å². The molecule has 2 nitrogen and oxygen atoms in total. The summed E-state index contributed by atoms with van der Waals surface area (Å²) in [6.45, 7) is 0. The van der Waals surface area contributed by atoms with Crippen molar-refractivity contribution in [1.29, 1.82) is 0 Å². The average molecular weight is 309 g/mol. The van der Waals surface area contributed by atoms with E-state index in [0.717, 1.165) is 12.8 Å². The number of thioether (sulfide) groups is 1. The van der Waals surface area contributed by atoms with Crippen LogP contribution in [0.1, 0.15) is 23.5 Å². The lowest BCUT2D eigenvalue weighted by atomic mass is 9.79. The van der Waals surface area contributed by atoms with E-state index in [1.165, 1.54) is 16.0 Å².